The van der Waals surface area contributed by atoms with Crippen LogP contribution >= 0.6 is 11.6 Å². The van der Waals surface area contributed by atoms with Gasteiger partial charge in [-0.2, -0.15) is 0 Å². The van der Waals surface area contributed by atoms with Crippen LogP contribution in [0.25, 0.3) is 0 Å². The van der Waals surface area contributed by atoms with Crippen molar-refractivity contribution in [1.82, 2.24) is 10.2 Å². The summed E-state index contributed by atoms with van der Waals surface area (Å²) < 4.78 is 5.93. The van der Waals surface area contributed by atoms with Crippen LogP contribution in [-0.4, -0.2) is 37.0 Å². The molecule has 0 aromatic heterocycles. The number of nitrogens with zero attached hydrogens (tertiary/aromatic N) is 2. The van der Waals surface area contributed by atoms with Crippen LogP contribution in [0.15, 0.2) is 28.8 Å². The molecule has 4 nitrogen and oxygen atoms in total. The van der Waals surface area contributed by atoms with Crippen molar-refractivity contribution in [3.05, 3.63) is 39.9 Å². The molecule has 0 saturated carbocycles. The molecular formula is C17H22ClN3O. The van der Waals surface area contributed by atoms with Gasteiger partial charge in [-0.1, -0.05) is 17.2 Å². The molecule has 1 aromatic carbocycles. The summed E-state index contributed by atoms with van der Waals surface area (Å²) in [6, 6.07) is 3.92. The predicted molar refractivity (Wildman–Crippen MR) is 90.8 cm³/mol. The average molecular weight is 320 g/mol. The molecule has 0 fully saturated rings. The van der Waals surface area contributed by atoms with Crippen LogP contribution in [0.5, 0.6) is 5.75 Å². The fraction of sp³-hybridized carbons (Fsp3) is 0.471. The van der Waals surface area contributed by atoms with Crippen molar-refractivity contribution in [2.24, 2.45) is 4.99 Å². The summed E-state index contributed by atoms with van der Waals surface area (Å²) in [5.41, 5.74) is 3.67. The molecule has 0 radical (unpaired) electrons. The Morgan fingerprint density at radius 1 is 1.36 bits per heavy atom. The Bertz CT molecular complexity index is 621. The number of halogens is 1. The Balaban J connectivity index is 1.72. The zero-order valence-electron chi connectivity index (χ0n) is 13.2. The van der Waals surface area contributed by atoms with E-state index < -0.39 is 0 Å². The van der Waals surface area contributed by atoms with E-state index >= 15 is 0 Å². The van der Waals surface area contributed by atoms with E-state index in [0.717, 1.165) is 49.3 Å². The van der Waals surface area contributed by atoms with E-state index in [-0.39, 0.29) is 0 Å². The maximum absolute atomic E-state index is 6.37. The largest absolute Gasteiger partial charge is 0.489 e. The van der Waals surface area contributed by atoms with Crippen LogP contribution in [0.1, 0.15) is 25.0 Å². The molecule has 118 valence electrons. The average Bonchev–Trinajstić information content (AvgIpc) is 3.11. The van der Waals surface area contributed by atoms with Crippen LogP contribution in [0.2, 0.25) is 5.02 Å². The van der Waals surface area contributed by atoms with Crippen molar-refractivity contribution in [1.29, 1.82) is 0 Å². The standard InChI is InChI=1S/C17H22ClN3O/c1-12(2)5-8-22-16-4-3-15(18)13-9-21(10-14(13)16)11-17-19-6-7-20-17/h3-5H,6-11H2,1-2H3,(H,19,20). The summed E-state index contributed by atoms with van der Waals surface area (Å²) in [4.78, 5) is 6.82. The molecule has 0 amide bonds. The zero-order valence-corrected chi connectivity index (χ0v) is 13.9. The molecule has 0 atom stereocenters. The Hall–Kier alpha value is -1.52. The third kappa shape index (κ3) is 3.45. The van der Waals surface area contributed by atoms with Gasteiger partial charge in [0.25, 0.3) is 0 Å². The van der Waals surface area contributed by atoms with Crippen LogP contribution in [0.3, 0.4) is 0 Å². The first-order chi connectivity index (χ1) is 10.6. The van der Waals surface area contributed by atoms with Crippen molar-refractivity contribution >= 4 is 17.4 Å². The van der Waals surface area contributed by atoms with E-state index in [1.165, 1.54) is 16.7 Å². The molecule has 22 heavy (non-hydrogen) atoms. The number of hydrogen-bond acceptors (Lipinski definition) is 4. The Morgan fingerprint density at radius 2 is 2.18 bits per heavy atom. The van der Waals surface area contributed by atoms with E-state index in [0.29, 0.717) is 6.61 Å². The lowest BCUT2D eigenvalue weighted by atomic mass is 10.1. The van der Waals surface area contributed by atoms with Crippen molar-refractivity contribution < 1.29 is 4.74 Å². The highest BCUT2D eigenvalue weighted by atomic mass is 35.5. The van der Waals surface area contributed by atoms with Gasteiger partial charge in [0, 0.05) is 30.2 Å². The van der Waals surface area contributed by atoms with Gasteiger partial charge < -0.3 is 10.1 Å². The van der Waals surface area contributed by atoms with Gasteiger partial charge in [0.15, 0.2) is 0 Å². The monoisotopic (exact) mass is 319 g/mol. The number of ether oxygens (including phenoxy) is 1. The van der Waals surface area contributed by atoms with Crippen molar-refractivity contribution in [3.8, 4) is 5.75 Å². The Morgan fingerprint density at radius 3 is 2.91 bits per heavy atom. The highest BCUT2D eigenvalue weighted by Gasteiger charge is 2.26. The smallest absolute Gasteiger partial charge is 0.124 e. The van der Waals surface area contributed by atoms with Crippen LogP contribution in [-0.2, 0) is 13.1 Å². The number of fused-ring (bicyclic) bond motifs is 1. The van der Waals surface area contributed by atoms with Gasteiger partial charge in [0.05, 0.1) is 13.1 Å². The number of aliphatic imine (C=N–C) groups is 1. The minimum absolute atomic E-state index is 0.602. The van der Waals surface area contributed by atoms with E-state index in [2.05, 4.69) is 35.1 Å². The number of benzene rings is 1. The molecule has 0 bridgehead atoms. The second kappa shape index (κ2) is 6.71. The lowest BCUT2D eigenvalue weighted by molar-refractivity contribution is 0.315. The molecule has 0 unspecified atom stereocenters. The molecule has 0 spiro atoms. The zero-order chi connectivity index (χ0) is 15.5. The summed E-state index contributed by atoms with van der Waals surface area (Å²) in [5.74, 6) is 2.02. The highest BCUT2D eigenvalue weighted by Crippen LogP contribution is 2.35. The van der Waals surface area contributed by atoms with Gasteiger partial charge in [0.2, 0.25) is 0 Å². The maximum Gasteiger partial charge on any atom is 0.124 e. The fourth-order valence-electron chi connectivity index (χ4n) is 2.80. The van der Waals surface area contributed by atoms with E-state index in [4.69, 9.17) is 16.3 Å². The fourth-order valence-corrected chi connectivity index (χ4v) is 3.04. The normalized spacial score (nSPS) is 17.0. The van der Waals surface area contributed by atoms with Gasteiger partial charge in [-0.3, -0.25) is 9.89 Å². The number of allylic oxidation sites excluding steroid dienone is 1. The Kier molecular flexibility index (Phi) is 4.69. The van der Waals surface area contributed by atoms with Crippen molar-refractivity contribution in [2.45, 2.75) is 26.9 Å². The number of rotatable bonds is 5. The molecule has 1 N–H and O–H groups in total. The first kappa shape index (κ1) is 15.4. The van der Waals surface area contributed by atoms with E-state index in [9.17, 15) is 0 Å². The lowest BCUT2D eigenvalue weighted by Gasteiger charge is -2.15. The maximum atomic E-state index is 6.37. The topological polar surface area (TPSA) is 36.9 Å². The van der Waals surface area contributed by atoms with E-state index in [1.807, 2.05) is 12.1 Å². The molecule has 2 aliphatic rings. The lowest BCUT2D eigenvalue weighted by Crippen LogP contribution is -2.31. The molecule has 3 rings (SSSR count). The third-order valence-corrected chi connectivity index (χ3v) is 4.30. The SMILES string of the molecule is CC(C)=CCOc1ccc(Cl)c2c1CN(CC1=NCCN1)C2. The number of hydrogen-bond donors (Lipinski definition) is 1. The Labute approximate surface area is 136 Å². The molecule has 2 heterocycles. The second-order valence-electron chi connectivity index (χ2n) is 6.00. The van der Waals surface area contributed by atoms with Crippen LogP contribution in [0, 0.1) is 0 Å². The summed E-state index contributed by atoms with van der Waals surface area (Å²) >= 11 is 6.37. The van der Waals surface area contributed by atoms with Crippen LogP contribution < -0.4 is 10.1 Å². The van der Waals surface area contributed by atoms with E-state index in [1.54, 1.807) is 0 Å². The molecule has 0 aliphatic carbocycles. The summed E-state index contributed by atoms with van der Waals surface area (Å²) in [6.07, 6.45) is 2.09. The van der Waals surface area contributed by atoms with Gasteiger partial charge >= 0.3 is 0 Å². The van der Waals surface area contributed by atoms with Gasteiger partial charge in [0.1, 0.15) is 18.2 Å². The summed E-state index contributed by atoms with van der Waals surface area (Å²) in [7, 11) is 0. The minimum Gasteiger partial charge on any atom is -0.489 e. The summed E-state index contributed by atoms with van der Waals surface area (Å²) in [6.45, 7) is 9.15. The summed E-state index contributed by atoms with van der Waals surface area (Å²) in [5, 5.41) is 4.15. The first-order valence-corrected chi connectivity index (χ1v) is 8.07. The molecular weight excluding hydrogens is 298 g/mol. The van der Waals surface area contributed by atoms with Gasteiger partial charge in [-0.25, -0.2) is 0 Å². The number of amidine groups is 1. The first-order valence-electron chi connectivity index (χ1n) is 7.69. The molecule has 1 aromatic rings. The molecule has 2 aliphatic heterocycles. The predicted octanol–water partition coefficient (Wildman–Crippen LogP) is 3.00. The minimum atomic E-state index is 0.602. The third-order valence-electron chi connectivity index (χ3n) is 3.94. The van der Waals surface area contributed by atoms with Crippen molar-refractivity contribution in [2.75, 3.05) is 26.2 Å². The highest BCUT2D eigenvalue weighted by molar-refractivity contribution is 6.31. The molecule has 0 saturated heterocycles. The van der Waals surface area contributed by atoms with Gasteiger partial charge in [-0.15, -0.1) is 0 Å². The molecule has 5 heteroatoms. The number of nitrogens with one attached hydrogen (secondary N) is 1. The second-order valence-corrected chi connectivity index (χ2v) is 6.40. The van der Waals surface area contributed by atoms with Crippen molar-refractivity contribution in [3.63, 3.8) is 0 Å². The van der Waals surface area contributed by atoms with Crippen LogP contribution in [0.4, 0.5) is 0 Å². The quantitative estimate of drug-likeness (QED) is 0.848. The van der Waals surface area contributed by atoms with Gasteiger partial charge in [-0.05, 0) is 37.6 Å².